The monoisotopic (exact) mass is 290 g/mol. The van der Waals surface area contributed by atoms with Crippen LogP contribution in [0.2, 0.25) is 5.02 Å². The Morgan fingerprint density at radius 1 is 1.35 bits per heavy atom. The topological polar surface area (TPSA) is 42.0 Å². The summed E-state index contributed by atoms with van der Waals surface area (Å²) in [6.45, 7) is 0. The first-order valence-electron chi connectivity index (χ1n) is 6.31. The molecule has 0 aliphatic heterocycles. The van der Waals surface area contributed by atoms with Gasteiger partial charge in [-0.15, -0.1) is 0 Å². The van der Waals surface area contributed by atoms with Gasteiger partial charge in [0, 0.05) is 23.2 Å². The largest absolute Gasteiger partial charge is 0.310 e. The number of carbonyl (C=O) groups is 1. The molecule has 1 saturated carbocycles. The Hall–Kier alpha value is -1.94. The molecule has 1 fully saturated rings. The number of hydrogen-bond acceptors (Lipinski definition) is 2. The lowest BCUT2D eigenvalue weighted by molar-refractivity contribution is -0.117. The Kier molecular flexibility index (Phi) is 3.40. The van der Waals surface area contributed by atoms with Crippen LogP contribution in [0.15, 0.2) is 42.6 Å². The third-order valence-corrected chi connectivity index (χ3v) is 3.61. The minimum Gasteiger partial charge on any atom is -0.310 e. The van der Waals surface area contributed by atoms with E-state index in [0.717, 1.165) is 12.0 Å². The minimum atomic E-state index is -0.419. The highest BCUT2D eigenvalue weighted by atomic mass is 35.5. The van der Waals surface area contributed by atoms with Crippen molar-refractivity contribution in [3.63, 3.8) is 0 Å². The van der Waals surface area contributed by atoms with Crippen LogP contribution in [0.4, 0.5) is 10.2 Å². The molecule has 5 heteroatoms. The maximum absolute atomic E-state index is 13.0. The van der Waals surface area contributed by atoms with E-state index in [2.05, 4.69) is 10.3 Å². The van der Waals surface area contributed by atoms with Gasteiger partial charge in [0.1, 0.15) is 11.6 Å². The van der Waals surface area contributed by atoms with E-state index in [0.29, 0.717) is 5.02 Å². The molecule has 0 unspecified atom stereocenters. The van der Waals surface area contributed by atoms with Crippen LogP contribution in [-0.4, -0.2) is 10.9 Å². The zero-order chi connectivity index (χ0) is 14.1. The second kappa shape index (κ2) is 5.21. The van der Waals surface area contributed by atoms with Crippen molar-refractivity contribution in [1.29, 1.82) is 0 Å². The fourth-order valence-corrected chi connectivity index (χ4v) is 2.48. The van der Waals surface area contributed by atoms with Gasteiger partial charge in [0.2, 0.25) is 5.91 Å². The number of benzene rings is 1. The average molecular weight is 291 g/mol. The van der Waals surface area contributed by atoms with Crippen molar-refractivity contribution in [2.75, 3.05) is 5.32 Å². The Labute approximate surface area is 120 Å². The molecule has 1 N–H and O–H groups in total. The zero-order valence-electron chi connectivity index (χ0n) is 10.5. The van der Waals surface area contributed by atoms with E-state index >= 15 is 0 Å². The highest BCUT2D eigenvalue weighted by Crippen LogP contribution is 2.48. The summed E-state index contributed by atoms with van der Waals surface area (Å²) < 4.78 is 13.0. The van der Waals surface area contributed by atoms with Crippen LogP contribution < -0.4 is 5.32 Å². The predicted octanol–water partition coefficient (Wildman–Crippen LogP) is 3.62. The second-order valence-electron chi connectivity index (χ2n) is 4.85. The number of nitrogens with one attached hydrogen (secondary N) is 1. The van der Waals surface area contributed by atoms with Crippen molar-refractivity contribution in [3.05, 3.63) is 59.0 Å². The first kappa shape index (κ1) is 13.1. The number of nitrogens with zero attached hydrogens (tertiary/aromatic N) is 1. The fourth-order valence-electron chi connectivity index (χ4n) is 2.28. The predicted molar refractivity (Wildman–Crippen MR) is 75.1 cm³/mol. The summed E-state index contributed by atoms with van der Waals surface area (Å²) in [7, 11) is 0. The van der Waals surface area contributed by atoms with E-state index in [1.807, 2.05) is 18.2 Å². The Bertz CT molecular complexity index is 662. The van der Waals surface area contributed by atoms with Gasteiger partial charge >= 0.3 is 0 Å². The molecule has 2 aromatic rings. The Morgan fingerprint density at radius 3 is 2.95 bits per heavy atom. The van der Waals surface area contributed by atoms with Crippen LogP contribution in [0.25, 0.3) is 0 Å². The fraction of sp³-hybridized carbons (Fsp3) is 0.200. The van der Waals surface area contributed by atoms with E-state index in [9.17, 15) is 9.18 Å². The molecule has 1 heterocycles. The summed E-state index contributed by atoms with van der Waals surface area (Å²) >= 11 is 5.94. The lowest BCUT2D eigenvalue weighted by Crippen LogP contribution is -2.15. The third kappa shape index (κ3) is 2.80. The normalized spacial score (nSPS) is 20.5. The number of anilines is 1. The van der Waals surface area contributed by atoms with Gasteiger partial charge in [-0.05, 0) is 36.1 Å². The highest BCUT2D eigenvalue weighted by Gasteiger charge is 2.44. The van der Waals surface area contributed by atoms with Gasteiger partial charge in [0.05, 0.1) is 0 Å². The summed E-state index contributed by atoms with van der Waals surface area (Å²) in [4.78, 5) is 16.0. The van der Waals surface area contributed by atoms with Gasteiger partial charge in [-0.3, -0.25) is 4.79 Å². The smallest absolute Gasteiger partial charge is 0.229 e. The molecule has 102 valence electrons. The molecule has 1 amide bonds. The van der Waals surface area contributed by atoms with Crippen molar-refractivity contribution < 1.29 is 9.18 Å². The number of rotatable bonds is 3. The van der Waals surface area contributed by atoms with Crippen LogP contribution in [0.5, 0.6) is 0 Å². The number of carbonyl (C=O) groups excluding carboxylic acids is 1. The second-order valence-corrected chi connectivity index (χ2v) is 5.29. The summed E-state index contributed by atoms with van der Waals surface area (Å²) in [5.41, 5.74) is 1.06. The van der Waals surface area contributed by atoms with Crippen molar-refractivity contribution in [3.8, 4) is 0 Å². The van der Waals surface area contributed by atoms with Crippen LogP contribution in [0, 0.1) is 11.7 Å². The zero-order valence-corrected chi connectivity index (χ0v) is 11.3. The maximum atomic E-state index is 13.0. The van der Waals surface area contributed by atoms with Crippen molar-refractivity contribution in [2.24, 2.45) is 5.92 Å². The molecule has 0 bridgehead atoms. The van der Waals surface area contributed by atoms with E-state index < -0.39 is 5.82 Å². The molecule has 20 heavy (non-hydrogen) atoms. The van der Waals surface area contributed by atoms with E-state index in [1.165, 1.54) is 18.3 Å². The van der Waals surface area contributed by atoms with Crippen molar-refractivity contribution in [1.82, 2.24) is 4.98 Å². The van der Waals surface area contributed by atoms with Crippen LogP contribution in [0.3, 0.4) is 0 Å². The number of aromatic nitrogens is 1. The van der Waals surface area contributed by atoms with Crippen LogP contribution in [0.1, 0.15) is 17.9 Å². The Balaban J connectivity index is 1.66. The van der Waals surface area contributed by atoms with Gasteiger partial charge in [-0.2, -0.15) is 0 Å². The maximum Gasteiger partial charge on any atom is 0.229 e. The molecule has 3 nitrogen and oxygen atoms in total. The molecule has 2 atom stereocenters. The van der Waals surface area contributed by atoms with Gasteiger partial charge in [-0.1, -0.05) is 23.7 Å². The molecule has 0 radical (unpaired) electrons. The lowest BCUT2D eigenvalue weighted by atomic mass is 10.1. The quantitative estimate of drug-likeness (QED) is 0.938. The van der Waals surface area contributed by atoms with E-state index in [-0.39, 0.29) is 23.6 Å². The number of amides is 1. The number of halogens is 2. The molecular formula is C15H12ClFN2O. The molecule has 1 aromatic heterocycles. The van der Waals surface area contributed by atoms with E-state index in [4.69, 9.17) is 11.6 Å². The van der Waals surface area contributed by atoms with Crippen molar-refractivity contribution in [2.45, 2.75) is 12.3 Å². The third-order valence-electron chi connectivity index (χ3n) is 3.38. The van der Waals surface area contributed by atoms with Gasteiger partial charge in [0.15, 0.2) is 0 Å². The first-order chi connectivity index (χ1) is 9.63. The van der Waals surface area contributed by atoms with Crippen LogP contribution in [-0.2, 0) is 4.79 Å². The van der Waals surface area contributed by atoms with E-state index in [1.54, 1.807) is 6.07 Å². The number of pyridine rings is 1. The van der Waals surface area contributed by atoms with Crippen molar-refractivity contribution >= 4 is 23.3 Å². The Morgan fingerprint density at radius 2 is 2.20 bits per heavy atom. The molecular weight excluding hydrogens is 279 g/mol. The average Bonchev–Trinajstić information content (AvgIpc) is 3.19. The summed E-state index contributed by atoms with van der Waals surface area (Å²) in [6, 6.07) is 9.96. The highest BCUT2D eigenvalue weighted by molar-refractivity contribution is 6.30. The summed E-state index contributed by atoms with van der Waals surface area (Å²) in [5.74, 6) is -0.224. The lowest BCUT2D eigenvalue weighted by Gasteiger charge is -2.04. The summed E-state index contributed by atoms with van der Waals surface area (Å²) in [5, 5.41) is 3.30. The molecule has 1 aliphatic rings. The molecule has 0 saturated heterocycles. The standard InChI is InChI=1S/C15H12ClFN2O/c16-10-3-1-2-9(6-10)12-8-13(12)15(20)19-14-7-11(17)4-5-18-14/h1-7,12-13H,8H2,(H,18,19,20)/t12-,13+/m1/s1. The summed E-state index contributed by atoms with van der Waals surface area (Å²) in [6.07, 6.45) is 2.10. The SMILES string of the molecule is O=C(Nc1cc(F)ccn1)[C@H]1C[C@@H]1c1cccc(Cl)c1. The first-order valence-corrected chi connectivity index (χ1v) is 6.69. The van der Waals surface area contributed by atoms with Gasteiger partial charge in [-0.25, -0.2) is 9.37 Å². The molecule has 3 rings (SSSR count). The van der Waals surface area contributed by atoms with Gasteiger partial charge < -0.3 is 5.32 Å². The molecule has 1 aromatic carbocycles. The van der Waals surface area contributed by atoms with Crippen LogP contribution >= 0.6 is 11.6 Å². The van der Waals surface area contributed by atoms with Gasteiger partial charge in [0.25, 0.3) is 0 Å². The minimum absolute atomic E-state index is 0.0986. The molecule has 1 aliphatic carbocycles. The number of hydrogen-bond donors (Lipinski definition) is 1. The molecule has 0 spiro atoms.